The van der Waals surface area contributed by atoms with Crippen LogP contribution in [0.3, 0.4) is 0 Å². The van der Waals surface area contributed by atoms with Crippen LogP contribution in [-0.2, 0) is 0 Å². The normalized spacial score (nSPS) is 10.0. The molecule has 0 aromatic rings. The van der Waals surface area contributed by atoms with Gasteiger partial charge in [-0.3, -0.25) is 15.2 Å². The van der Waals surface area contributed by atoms with E-state index in [1.54, 1.807) is 0 Å². The average molecular weight is 158 g/mol. The number of guanidine groups is 1. The van der Waals surface area contributed by atoms with Crippen LogP contribution in [0.1, 0.15) is 20.8 Å². The van der Waals surface area contributed by atoms with Gasteiger partial charge < -0.3 is 0 Å². The Labute approximate surface area is 69.5 Å². The highest BCUT2D eigenvalue weighted by molar-refractivity contribution is 5.73. The lowest BCUT2D eigenvalue weighted by Gasteiger charge is -2.20. The van der Waals surface area contributed by atoms with Gasteiger partial charge in [-0.05, 0) is 20.8 Å². The largest absolute Gasteiger partial charge is 0.345 e. The molecule has 3 nitrogen and oxygen atoms in total. The number of hydrogen-bond acceptors (Lipinski definition) is 0. The fourth-order valence-electron chi connectivity index (χ4n) is 1.05. The molecule has 0 aromatic heterocycles. The molecule has 0 fully saturated rings. The van der Waals surface area contributed by atoms with Gasteiger partial charge >= 0.3 is 5.96 Å². The molecule has 0 spiro atoms. The summed E-state index contributed by atoms with van der Waals surface area (Å²) in [7, 11) is 3.92. The molecule has 0 unspecified atom stereocenters. The first kappa shape index (κ1) is 10.3. The smallest absolute Gasteiger partial charge is 0.291 e. The van der Waals surface area contributed by atoms with Crippen molar-refractivity contribution in [3.63, 3.8) is 0 Å². The second kappa shape index (κ2) is 4.21. The molecule has 3 heteroatoms. The number of rotatable bonds is 2. The SMILES string of the molecule is CCN(C(N)=[N+](C)C)C(C)C. The van der Waals surface area contributed by atoms with Gasteiger partial charge in [-0.15, -0.1) is 0 Å². The van der Waals surface area contributed by atoms with Gasteiger partial charge in [-0.25, -0.2) is 0 Å². The molecule has 0 amide bonds. The first-order valence-electron chi connectivity index (χ1n) is 4.07. The molecule has 66 valence electrons. The summed E-state index contributed by atoms with van der Waals surface area (Å²) in [5, 5.41) is 0. The molecule has 0 radical (unpaired) electrons. The molecule has 0 aromatic carbocycles. The Morgan fingerprint density at radius 1 is 1.45 bits per heavy atom. The summed E-state index contributed by atoms with van der Waals surface area (Å²) in [6.45, 7) is 7.34. The summed E-state index contributed by atoms with van der Waals surface area (Å²) in [6.07, 6.45) is 0. The van der Waals surface area contributed by atoms with Crippen LogP contribution >= 0.6 is 0 Å². The zero-order valence-electron chi connectivity index (χ0n) is 8.26. The highest BCUT2D eigenvalue weighted by atomic mass is 15.3. The van der Waals surface area contributed by atoms with Crippen molar-refractivity contribution in [3.8, 4) is 0 Å². The summed E-state index contributed by atoms with van der Waals surface area (Å²) in [5.74, 6) is 0.836. The molecule has 0 aliphatic rings. The summed E-state index contributed by atoms with van der Waals surface area (Å²) in [4.78, 5) is 2.15. The van der Waals surface area contributed by atoms with E-state index in [1.165, 1.54) is 0 Å². The first-order chi connectivity index (χ1) is 5.00. The highest BCUT2D eigenvalue weighted by Crippen LogP contribution is 1.95. The number of nitrogens with zero attached hydrogens (tertiary/aromatic N) is 2. The fraction of sp³-hybridized carbons (Fsp3) is 0.875. The quantitative estimate of drug-likeness (QED) is 0.356. The second-order valence-electron chi connectivity index (χ2n) is 3.13. The summed E-state index contributed by atoms with van der Waals surface area (Å²) >= 11 is 0. The van der Waals surface area contributed by atoms with Gasteiger partial charge in [0.15, 0.2) is 0 Å². The van der Waals surface area contributed by atoms with Crippen molar-refractivity contribution in [3.05, 3.63) is 0 Å². The van der Waals surface area contributed by atoms with Crippen molar-refractivity contribution in [1.29, 1.82) is 0 Å². The zero-order valence-corrected chi connectivity index (χ0v) is 8.26. The van der Waals surface area contributed by atoms with E-state index in [9.17, 15) is 0 Å². The third-order valence-electron chi connectivity index (χ3n) is 1.72. The van der Waals surface area contributed by atoms with Crippen LogP contribution in [0, 0.1) is 0 Å². The lowest BCUT2D eigenvalue weighted by molar-refractivity contribution is -0.471. The predicted octanol–water partition coefficient (Wildman–Crippen LogP) is 0.304. The van der Waals surface area contributed by atoms with E-state index in [-0.39, 0.29) is 0 Å². The lowest BCUT2D eigenvalue weighted by Crippen LogP contribution is -2.46. The third-order valence-corrected chi connectivity index (χ3v) is 1.72. The van der Waals surface area contributed by atoms with Crippen molar-refractivity contribution in [2.75, 3.05) is 20.6 Å². The molecule has 0 saturated heterocycles. The third kappa shape index (κ3) is 2.78. The second-order valence-corrected chi connectivity index (χ2v) is 3.13. The molecule has 11 heavy (non-hydrogen) atoms. The minimum Gasteiger partial charge on any atom is -0.291 e. The highest BCUT2D eigenvalue weighted by Gasteiger charge is 2.16. The molecule has 0 heterocycles. The van der Waals surface area contributed by atoms with Gasteiger partial charge in [-0.2, -0.15) is 0 Å². The van der Waals surface area contributed by atoms with Crippen LogP contribution in [-0.4, -0.2) is 42.1 Å². The van der Waals surface area contributed by atoms with Crippen molar-refractivity contribution < 1.29 is 4.58 Å². The number of hydrogen-bond donors (Lipinski definition) is 1. The Kier molecular flexibility index (Phi) is 3.93. The van der Waals surface area contributed by atoms with Crippen LogP contribution in [0.2, 0.25) is 0 Å². The van der Waals surface area contributed by atoms with Gasteiger partial charge in [0.2, 0.25) is 0 Å². The van der Waals surface area contributed by atoms with Crippen LogP contribution in [0.5, 0.6) is 0 Å². The van der Waals surface area contributed by atoms with Gasteiger partial charge in [0.25, 0.3) is 0 Å². The van der Waals surface area contributed by atoms with Gasteiger partial charge in [0.1, 0.15) is 0 Å². The maximum Gasteiger partial charge on any atom is 0.345 e. The van der Waals surface area contributed by atoms with Crippen LogP contribution in [0.15, 0.2) is 0 Å². The summed E-state index contributed by atoms with van der Waals surface area (Å²) < 4.78 is 1.93. The Morgan fingerprint density at radius 3 is 2.00 bits per heavy atom. The summed E-state index contributed by atoms with van der Waals surface area (Å²) in [5.41, 5.74) is 5.84. The minimum absolute atomic E-state index is 0.474. The van der Waals surface area contributed by atoms with E-state index in [0.717, 1.165) is 12.5 Å². The van der Waals surface area contributed by atoms with Crippen molar-refractivity contribution >= 4 is 5.96 Å². The maximum absolute atomic E-state index is 5.84. The number of nitrogens with two attached hydrogens (primary N) is 1. The van der Waals surface area contributed by atoms with Crippen molar-refractivity contribution in [2.45, 2.75) is 26.8 Å². The van der Waals surface area contributed by atoms with E-state index >= 15 is 0 Å². The van der Waals surface area contributed by atoms with E-state index < -0.39 is 0 Å². The minimum atomic E-state index is 0.474. The van der Waals surface area contributed by atoms with E-state index in [0.29, 0.717) is 6.04 Å². The molecular weight excluding hydrogens is 138 g/mol. The predicted molar refractivity (Wildman–Crippen MR) is 48.8 cm³/mol. The molecule has 0 saturated carbocycles. The van der Waals surface area contributed by atoms with Gasteiger partial charge in [-0.1, -0.05) is 0 Å². The lowest BCUT2D eigenvalue weighted by atomic mass is 10.3. The Hall–Kier alpha value is -0.730. The monoisotopic (exact) mass is 158 g/mol. The fourth-order valence-corrected chi connectivity index (χ4v) is 1.05. The molecule has 0 aliphatic carbocycles. The molecule has 2 N–H and O–H groups in total. The van der Waals surface area contributed by atoms with E-state index in [2.05, 4.69) is 25.7 Å². The van der Waals surface area contributed by atoms with Gasteiger partial charge in [0.05, 0.1) is 26.7 Å². The molecule has 0 bridgehead atoms. The van der Waals surface area contributed by atoms with Crippen LogP contribution < -0.4 is 5.73 Å². The maximum atomic E-state index is 5.84. The van der Waals surface area contributed by atoms with Crippen LogP contribution in [0.25, 0.3) is 0 Å². The topological polar surface area (TPSA) is 32.3 Å². The molecule has 0 aliphatic heterocycles. The first-order valence-corrected chi connectivity index (χ1v) is 4.07. The standard InChI is InChI=1S/C8H19N3/c1-6-11(7(2)3)8(9)10(4)5/h7,9H,6H2,1-5H3/p+1. The molecule has 0 atom stereocenters. The molecular formula is C8H20N3+. The Balaban J connectivity index is 4.39. The van der Waals surface area contributed by atoms with Gasteiger partial charge in [0, 0.05) is 0 Å². The Bertz CT molecular complexity index is 145. The summed E-state index contributed by atoms with van der Waals surface area (Å²) in [6, 6.07) is 0.474. The Morgan fingerprint density at radius 2 is 1.91 bits per heavy atom. The zero-order chi connectivity index (χ0) is 9.02. The van der Waals surface area contributed by atoms with Crippen molar-refractivity contribution in [1.82, 2.24) is 4.90 Å². The van der Waals surface area contributed by atoms with Crippen molar-refractivity contribution in [2.24, 2.45) is 5.73 Å². The van der Waals surface area contributed by atoms with E-state index in [4.69, 9.17) is 5.73 Å². The molecule has 0 rings (SSSR count). The van der Waals surface area contributed by atoms with E-state index in [1.807, 2.05) is 18.7 Å². The average Bonchev–Trinajstić information content (AvgIpc) is 1.88. The van der Waals surface area contributed by atoms with Crippen LogP contribution in [0.4, 0.5) is 0 Å².